The third kappa shape index (κ3) is 1.58. The summed E-state index contributed by atoms with van der Waals surface area (Å²) in [6.45, 7) is 0.905. The second-order valence-corrected chi connectivity index (χ2v) is 3.15. The van der Waals surface area contributed by atoms with Crippen molar-refractivity contribution in [2.24, 2.45) is 0 Å². The first kappa shape index (κ1) is 8.32. The number of hydrogen-bond acceptors (Lipinski definition) is 0. The maximum atomic E-state index is 4.10. The SMILES string of the molecule is C[N-]CCc1c[nH]c2ccccc12. The first-order chi connectivity index (χ1) is 6.42. The number of benzene rings is 1. The predicted molar refractivity (Wildman–Crippen MR) is 56.2 cm³/mol. The summed E-state index contributed by atoms with van der Waals surface area (Å²) in [6, 6.07) is 8.37. The smallest absolute Gasteiger partial charge is 0.0456 e. The van der Waals surface area contributed by atoms with Gasteiger partial charge in [-0.2, -0.15) is 7.05 Å². The van der Waals surface area contributed by atoms with E-state index in [2.05, 4.69) is 34.7 Å². The Kier molecular flexibility index (Phi) is 2.32. The Labute approximate surface area is 78.0 Å². The summed E-state index contributed by atoms with van der Waals surface area (Å²) in [4.78, 5) is 3.26. The fourth-order valence-corrected chi connectivity index (χ4v) is 1.57. The second kappa shape index (κ2) is 3.62. The molecule has 68 valence electrons. The van der Waals surface area contributed by atoms with Gasteiger partial charge < -0.3 is 10.3 Å². The Morgan fingerprint density at radius 2 is 2.15 bits per heavy atom. The summed E-state index contributed by atoms with van der Waals surface area (Å²) in [5, 5.41) is 5.43. The molecule has 0 saturated carbocycles. The largest absolute Gasteiger partial charge is 0.665 e. The molecule has 0 unspecified atom stereocenters. The van der Waals surface area contributed by atoms with Crippen molar-refractivity contribution in [1.82, 2.24) is 4.98 Å². The lowest BCUT2D eigenvalue weighted by molar-refractivity contribution is 1.05. The molecule has 1 aromatic heterocycles. The molecule has 0 aliphatic rings. The fourth-order valence-electron chi connectivity index (χ4n) is 1.57. The van der Waals surface area contributed by atoms with E-state index in [4.69, 9.17) is 0 Å². The maximum Gasteiger partial charge on any atom is 0.0456 e. The highest BCUT2D eigenvalue weighted by atomic mass is 14.8. The first-order valence-electron chi connectivity index (χ1n) is 4.52. The maximum absolute atomic E-state index is 4.10. The summed E-state index contributed by atoms with van der Waals surface area (Å²) >= 11 is 0. The molecule has 0 atom stereocenters. The molecule has 0 aliphatic heterocycles. The third-order valence-corrected chi connectivity index (χ3v) is 2.28. The number of para-hydroxylation sites is 1. The zero-order valence-electron chi connectivity index (χ0n) is 7.75. The van der Waals surface area contributed by atoms with Crippen molar-refractivity contribution in [3.63, 3.8) is 0 Å². The normalized spacial score (nSPS) is 10.8. The molecule has 1 heterocycles. The van der Waals surface area contributed by atoms with Crippen LogP contribution in [0.2, 0.25) is 0 Å². The van der Waals surface area contributed by atoms with Crippen LogP contribution in [0.3, 0.4) is 0 Å². The van der Waals surface area contributed by atoms with Crippen LogP contribution in [-0.4, -0.2) is 18.6 Å². The average Bonchev–Trinajstić information content (AvgIpc) is 2.58. The number of nitrogens with zero attached hydrogens (tertiary/aromatic N) is 1. The fraction of sp³-hybridized carbons (Fsp3) is 0.273. The van der Waals surface area contributed by atoms with Crippen LogP contribution in [0.4, 0.5) is 0 Å². The van der Waals surface area contributed by atoms with Gasteiger partial charge in [-0.3, -0.25) is 0 Å². The van der Waals surface area contributed by atoms with Gasteiger partial charge in [0.05, 0.1) is 0 Å². The Morgan fingerprint density at radius 3 is 3.00 bits per heavy atom. The molecular formula is C11H13N2-. The van der Waals surface area contributed by atoms with Gasteiger partial charge in [0.2, 0.25) is 0 Å². The van der Waals surface area contributed by atoms with Gasteiger partial charge in [-0.25, -0.2) is 0 Å². The highest BCUT2D eigenvalue weighted by Gasteiger charge is 1.98. The lowest BCUT2D eigenvalue weighted by atomic mass is 10.1. The van der Waals surface area contributed by atoms with Crippen LogP contribution < -0.4 is 0 Å². The molecular weight excluding hydrogens is 160 g/mol. The van der Waals surface area contributed by atoms with E-state index in [-0.39, 0.29) is 0 Å². The van der Waals surface area contributed by atoms with E-state index in [1.165, 1.54) is 16.5 Å². The lowest BCUT2D eigenvalue weighted by Crippen LogP contribution is -1.87. The van der Waals surface area contributed by atoms with Crippen molar-refractivity contribution in [2.45, 2.75) is 6.42 Å². The highest BCUT2D eigenvalue weighted by molar-refractivity contribution is 5.83. The molecule has 2 nitrogen and oxygen atoms in total. The highest BCUT2D eigenvalue weighted by Crippen LogP contribution is 2.18. The molecule has 0 fully saturated rings. The summed E-state index contributed by atoms with van der Waals surface area (Å²) < 4.78 is 0. The van der Waals surface area contributed by atoms with Crippen molar-refractivity contribution >= 4 is 10.9 Å². The van der Waals surface area contributed by atoms with Gasteiger partial charge in [-0.15, -0.1) is 6.54 Å². The van der Waals surface area contributed by atoms with Crippen LogP contribution in [0.25, 0.3) is 16.2 Å². The van der Waals surface area contributed by atoms with E-state index in [9.17, 15) is 0 Å². The van der Waals surface area contributed by atoms with Crippen molar-refractivity contribution in [3.8, 4) is 0 Å². The number of fused-ring (bicyclic) bond motifs is 1. The minimum Gasteiger partial charge on any atom is -0.665 e. The molecule has 1 aromatic carbocycles. The third-order valence-electron chi connectivity index (χ3n) is 2.28. The van der Waals surface area contributed by atoms with Crippen LogP contribution >= 0.6 is 0 Å². The molecule has 1 N–H and O–H groups in total. The van der Waals surface area contributed by atoms with Crippen molar-refractivity contribution in [2.75, 3.05) is 13.6 Å². The van der Waals surface area contributed by atoms with Crippen LogP contribution in [0, 0.1) is 0 Å². The van der Waals surface area contributed by atoms with Crippen molar-refractivity contribution in [1.29, 1.82) is 0 Å². The molecule has 0 aliphatic carbocycles. The molecule has 0 radical (unpaired) electrons. The van der Waals surface area contributed by atoms with E-state index in [0.717, 1.165) is 13.0 Å². The number of nitrogens with one attached hydrogen (secondary N) is 1. The average molecular weight is 173 g/mol. The van der Waals surface area contributed by atoms with Crippen LogP contribution in [0.1, 0.15) is 5.56 Å². The van der Waals surface area contributed by atoms with Gasteiger partial charge in [0.1, 0.15) is 0 Å². The van der Waals surface area contributed by atoms with Crippen molar-refractivity contribution in [3.05, 3.63) is 41.3 Å². The molecule has 2 rings (SSSR count). The number of hydrogen-bond donors (Lipinski definition) is 1. The van der Waals surface area contributed by atoms with Gasteiger partial charge in [0, 0.05) is 17.1 Å². The molecule has 13 heavy (non-hydrogen) atoms. The minimum absolute atomic E-state index is 0.905. The van der Waals surface area contributed by atoms with Crippen molar-refractivity contribution < 1.29 is 0 Å². The first-order valence-corrected chi connectivity index (χ1v) is 4.52. The Hall–Kier alpha value is -1.28. The number of aromatic amines is 1. The quantitative estimate of drug-likeness (QED) is 0.739. The van der Waals surface area contributed by atoms with E-state index in [0.29, 0.717) is 0 Å². The van der Waals surface area contributed by atoms with Crippen LogP contribution in [0.15, 0.2) is 30.5 Å². The molecule has 0 saturated heterocycles. The van der Waals surface area contributed by atoms with E-state index in [1.807, 2.05) is 13.1 Å². The molecule has 0 amide bonds. The summed E-state index contributed by atoms with van der Waals surface area (Å²) in [7, 11) is 1.86. The van der Waals surface area contributed by atoms with Gasteiger partial charge in [-0.05, 0) is 18.1 Å². The Bertz CT molecular complexity index is 390. The zero-order chi connectivity index (χ0) is 9.10. The number of H-pyrrole nitrogens is 1. The number of likely N-dealkylation sites (N-methyl/N-ethyl adjacent to an activating group) is 1. The molecule has 2 heteroatoms. The monoisotopic (exact) mass is 173 g/mol. The Morgan fingerprint density at radius 1 is 1.31 bits per heavy atom. The predicted octanol–water partition coefficient (Wildman–Crippen LogP) is 2.71. The van der Waals surface area contributed by atoms with Gasteiger partial charge >= 0.3 is 0 Å². The van der Waals surface area contributed by atoms with Gasteiger partial charge in [0.25, 0.3) is 0 Å². The summed E-state index contributed by atoms with van der Waals surface area (Å²) in [6.07, 6.45) is 3.11. The van der Waals surface area contributed by atoms with E-state index in [1.54, 1.807) is 0 Å². The minimum atomic E-state index is 0.905. The molecule has 2 aromatic rings. The van der Waals surface area contributed by atoms with Gasteiger partial charge in [0.15, 0.2) is 0 Å². The summed E-state index contributed by atoms with van der Waals surface area (Å²) in [5.74, 6) is 0. The van der Waals surface area contributed by atoms with E-state index >= 15 is 0 Å². The second-order valence-electron chi connectivity index (χ2n) is 3.15. The van der Waals surface area contributed by atoms with Crippen LogP contribution in [0.5, 0.6) is 0 Å². The standard InChI is InChI=1S/C11H13N2/c1-12-7-6-9-8-13-11-5-3-2-4-10(9)11/h2-5,8,13H,6-7H2,1H3/q-1. The zero-order valence-corrected chi connectivity index (χ0v) is 7.75. The summed E-state index contributed by atoms with van der Waals surface area (Å²) in [5.41, 5.74) is 2.58. The lowest BCUT2D eigenvalue weighted by Gasteiger charge is -2.08. The Balaban J connectivity index is 2.35. The number of rotatable bonds is 3. The van der Waals surface area contributed by atoms with Crippen LogP contribution in [-0.2, 0) is 6.42 Å². The number of aromatic nitrogens is 1. The molecule has 0 spiro atoms. The topological polar surface area (TPSA) is 29.9 Å². The van der Waals surface area contributed by atoms with E-state index < -0.39 is 0 Å². The van der Waals surface area contributed by atoms with Gasteiger partial charge in [-0.1, -0.05) is 18.2 Å². The molecule has 0 bridgehead atoms.